The van der Waals surface area contributed by atoms with E-state index in [1.165, 1.54) is 18.2 Å². The summed E-state index contributed by atoms with van der Waals surface area (Å²) in [5, 5.41) is 2.14. The van der Waals surface area contributed by atoms with Gasteiger partial charge in [-0.05, 0) is 57.9 Å². The SMILES string of the molecule is O=S(=O)(Br)c1ccc2cc(Br)ccc2c1-c1c(OC(F)(F)F)ccc2cc(Br)ccc12. The molecule has 0 atom stereocenters. The highest BCUT2D eigenvalue weighted by atomic mass is 79.9. The third kappa shape index (κ3) is 4.62. The summed E-state index contributed by atoms with van der Waals surface area (Å²) in [6.07, 6.45) is -4.96. The van der Waals surface area contributed by atoms with Crippen LogP contribution < -0.4 is 4.74 Å². The Hall–Kier alpha value is -1.62. The Labute approximate surface area is 199 Å². The van der Waals surface area contributed by atoms with E-state index in [0.29, 0.717) is 21.5 Å². The van der Waals surface area contributed by atoms with E-state index in [9.17, 15) is 21.6 Å². The molecule has 31 heavy (non-hydrogen) atoms. The molecular formula is C21H10Br3F3O3S. The highest BCUT2D eigenvalue weighted by molar-refractivity contribution is 9.47. The van der Waals surface area contributed by atoms with Gasteiger partial charge in [-0.25, -0.2) is 8.42 Å². The number of hydrogen-bond donors (Lipinski definition) is 0. The summed E-state index contributed by atoms with van der Waals surface area (Å²) in [6, 6.07) is 15.8. The fourth-order valence-electron chi connectivity index (χ4n) is 3.49. The van der Waals surface area contributed by atoms with Crippen molar-refractivity contribution in [1.82, 2.24) is 0 Å². The molecule has 4 aromatic carbocycles. The Kier molecular flexibility index (Phi) is 5.87. The lowest BCUT2D eigenvalue weighted by Crippen LogP contribution is -2.18. The van der Waals surface area contributed by atoms with Gasteiger partial charge in [-0.15, -0.1) is 13.2 Å². The molecule has 160 valence electrons. The Morgan fingerprint density at radius 1 is 0.742 bits per heavy atom. The minimum Gasteiger partial charge on any atom is -0.405 e. The molecule has 0 aliphatic carbocycles. The van der Waals surface area contributed by atoms with E-state index in [2.05, 4.69) is 51.4 Å². The Morgan fingerprint density at radius 2 is 1.26 bits per heavy atom. The van der Waals surface area contributed by atoms with Crippen molar-refractivity contribution in [1.29, 1.82) is 0 Å². The van der Waals surface area contributed by atoms with Gasteiger partial charge in [-0.2, -0.15) is 0 Å². The average molecular weight is 639 g/mol. The predicted octanol–water partition coefficient (Wildman–Crippen LogP) is 8.17. The minimum absolute atomic E-state index is 0.0354. The molecule has 3 nitrogen and oxygen atoms in total. The van der Waals surface area contributed by atoms with Gasteiger partial charge >= 0.3 is 6.36 Å². The maximum Gasteiger partial charge on any atom is 0.573 e. The first-order valence-corrected chi connectivity index (χ1v) is 13.5. The molecule has 0 aliphatic heterocycles. The van der Waals surface area contributed by atoms with Crippen LogP contribution in [0.3, 0.4) is 0 Å². The smallest absolute Gasteiger partial charge is 0.405 e. The second kappa shape index (κ2) is 8.06. The summed E-state index contributed by atoms with van der Waals surface area (Å²) in [4.78, 5) is -0.162. The average Bonchev–Trinajstić information content (AvgIpc) is 2.65. The maximum atomic E-state index is 13.2. The largest absolute Gasteiger partial charge is 0.573 e. The van der Waals surface area contributed by atoms with Crippen LogP contribution in [0.1, 0.15) is 0 Å². The molecule has 0 aliphatic rings. The van der Waals surface area contributed by atoms with Gasteiger partial charge in [0.05, 0.1) is 19.7 Å². The quantitative estimate of drug-likeness (QED) is 0.213. The van der Waals surface area contributed by atoms with E-state index in [1.807, 2.05) is 0 Å². The van der Waals surface area contributed by atoms with Crippen LogP contribution >= 0.6 is 46.7 Å². The van der Waals surface area contributed by atoms with Crippen LogP contribution in [-0.4, -0.2) is 14.8 Å². The van der Waals surface area contributed by atoms with Crippen LogP contribution in [0.25, 0.3) is 32.7 Å². The third-order valence-electron chi connectivity index (χ3n) is 4.63. The second-order valence-corrected chi connectivity index (χ2v) is 12.3. The van der Waals surface area contributed by atoms with Crippen LogP contribution in [-0.2, 0) is 8.27 Å². The predicted molar refractivity (Wildman–Crippen MR) is 125 cm³/mol. The number of fused-ring (bicyclic) bond motifs is 2. The van der Waals surface area contributed by atoms with Gasteiger partial charge in [-0.3, -0.25) is 0 Å². The van der Waals surface area contributed by atoms with Crippen molar-refractivity contribution < 1.29 is 26.3 Å². The van der Waals surface area contributed by atoms with Crippen molar-refractivity contribution in [2.75, 3.05) is 0 Å². The first-order chi connectivity index (χ1) is 14.4. The summed E-state index contributed by atoms with van der Waals surface area (Å²) in [5.41, 5.74) is 0.155. The van der Waals surface area contributed by atoms with Crippen molar-refractivity contribution in [2.45, 2.75) is 11.3 Å². The minimum atomic E-state index is -4.96. The summed E-state index contributed by atoms with van der Waals surface area (Å²) in [5.74, 6) is -0.491. The Bertz CT molecular complexity index is 1450. The standard InChI is InChI=1S/C21H10Br3F3O3S/c22-13-3-5-15-11(9-13)1-7-17(30-21(25,26)27)19(15)20-16-6-4-14(23)10-12(16)2-8-18(20)31(24,28)29/h1-10H. The fourth-order valence-corrected chi connectivity index (χ4v) is 5.74. The van der Waals surface area contributed by atoms with Crippen molar-refractivity contribution in [2.24, 2.45) is 0 Å². The molecule has 0 saturated heterocycles. The molecule has 0 fully saturated rings. The zero-order chi connectivity index (χ0) is 22.6. The fraction of sp³-hybridized carbons (Fsp3) is 0.0476. The van der Waals surface area contributed by atoms with Gasteiger partial charge in [0.15, 0.2) is 0 Å². The number of halogens is 6. The van der Waals surface area contributed by atoms with E-state index >= 15 is 0 Å². The number of alkyl halides is 3. The number of benzene rings is 4. The van der Waals surface area contributed by atoms with Gasteiger partial charge < -0.3 is 4.74 Å². The molecule has 0 unspecified atom stereocenters. The molecule has 0 N–H and O–H groups in total. The lowest BCUT2D eigenvalue weighted by Gasteiger charge is -2.19. The second-order valence-electron chi connectivity index (χ2n) is 6.59. The van der Waals surface area contributed by atoms with E-state index in [1.54, 1.807) is 42.5 Å². The highest BCUT2D eigenvalue weighted by Crippen LogP contribution is 2.46. The molecule has 0 amide bonds. The maximum absolute atomic E-state index is 13.2. The van der Waals surface area contributed by atoms with Gasteiger partial charge in [0.1, 0.15) is 5.75 Å². The highest BCUT2D eigenvalue weighted by Gasteiger charge is 2.34. The molecule has 0 aromatic heterocycles. The molecular weight excluding hydrogens is 629 g/mol. The molecule has 0 radical (unpaired) electrons. The normalized spacial score (nSPS) is 12.5. The first kappa shape index (κ1) is 22.6. The lowest BCUT2D eigenvalue weighted by atomic mass is 9.93. The van der Waals surface area contributed by atoms with Crippen LogP contribution in [0, 0.1) is 0 Å². The van der Waals surface area contributed by atoms with Crippen molar-refractivity contribution in [3.63, 3.8) is 0 Å². The van der Waals surface area contributed by atoms with Gasteiger partial charge in [0.25, 0.3) is 0 Å². The van der Waals surface area contributed by atoms with Gasteiger partial charge in [0, 0.05) is 20.1 Å². The first-order valence-electron chi connectivity index (χ1n) is 8.59. The van der Waals surface area contributed by atoms with E-state index in [-0.39, 0.29) is 16.0 Å². The number of rotatable bonds is 3. The molecule has 0 spiro atoms. The van der Waals surface area contributed by atoms with Crippen molar-refractivity contribution in [3.8, 4) is 16.9 Å². The number of hydrogen-bond acceptors (Lipinski definition) is 3. The zero-order valence-corrected chi connectivity index (χ0v) is 20.7. The van der Waals surface area contributed by atoms with Gasteiger partial charge in [-0.1, -0.05) is 56.1 Å². The van der Waals surface area contributed by atoms with Crippen molar-refractivity contribution in [3.05, 3.63) is 69.6 Å². The van der Waals surface area contributed by atoms with Gasteiger partial charge in [0.2, 0.25) is 8.27 Å². The zero-order valence-electron chi connectivity index (χ0n) is 15.2. The molecule has 0 saturated carbocycles. The van der Waals surface area contributed by atoms with Crippen LogP contribution in [0.4, 0.5) is 13.2 Å². The van der Waals surface area contributed by atoms with Crippen LogP contribution in [0.15, 0.2) is 74.5 Å². The van der Waals surface area contributed by atoms with Crippen molar-refractivity contribution >= 4 is 76.5 Å². The summed E-state index contributed by atoms with van der Waals surface area (Å²) in [7, 11) is -3.97. The Morgan fingerprint density at radius 3 is 1.77 bits per heavy atom. The Balaban J connectivity index is 2.23. The lowest BCUT2D eigenvalue weighted by molar-refractivity contribution is -0.274. The van der Waals surface area contributed by atoms with E-state index in [0.717, 1.165) is 8.95 Å². The summed E-state index contributed by atoms with van der Waals surface area (Å²) >= 11 is 9.41. The monoisotopic (exact) mass is 636 g/mol. The number of ether oxygens (including phenoxy) is 1. The summed E-state index contributed by atoms with van der Waals surface area (Å²) in [6.45, 7) is 0. The summed E-state index contributed by atoms with van der Waals surface area (Å²) < 4.78 is 70.6. The molecule has 10 heteroatoms. The van der Waals surface area contributed by atoms with E-state index in [4.69, 9.17) is 0 Å². The molecule has 4 aromatic rings. The van der Waals surface area contributed by atoms with Crippen LogP contribution in [0.5, 0.6) is 5.75 Å². The third-order valence-corrected chi connectivity index (χ3v) is 7.52. The van der Waals surface area contributed by atoms with Crippen LogP contribution in [0.2, 0.25) is 0 Å². The topological polar surface area (TPSA) is 43.4 Å². The molecule has 4 rings (SSSR count). The van der Waals surface area contributed by atoms with E-state index < -0.39 is 20.4 Å². The molecule has 0 bridgehead atoms. The molecule has 0 heterocycles.